The molecule has 0 amide bonds. The number of fused-ring (bicyclic) bond motifs is 1. The third-order valence-corrected chi connectivity index (χ3v) is 6.21. The Morgan fingerprint density at radius 2 is 1.88 bits per heavy atom. The van der Waals surface area contributed by atoms with Crippen LogP contribution in [0.2, 0.25) is 0 Å². The molecule has 0 spiro atoms. The number of nitrogens with zero attached hydrogens (tertiary/aromatic N) is 2. The molecule has 2 heterocycles. The molecule has 6 nitrogen and oxygen atoms in total. The highest BCUT2D eigenvalue weighted by Gasteiger charge is 2.25. The number of nitrogens with one attached hydrogen (secondary N) is 1. The highest BCUT2D eigenvalue weighted by molar-refractivity contribution is 7.92. The number of sulfonamides is 1. The molecule has 2 aromatic heterocycles. The summed E-state index contributed by atoms with van der Waals surface area (Å²) in [5, 5.41) is 1.78. The van der Waals surface area contributed by atoms with Crippen LogP contribution in [0.4, 0.5) is 5.69 Å². The van der Waals surface area contributed by atoms with E-state index in [4.69, 9.17) is 0 Å². The number of aromatic nitrogens is 2. The van der Waals surface area contributed by atoms with Gasteiger partial charge >= 0.3 is 0 Å². The topological polar surface area (TPSA) is 80.5 Å². The van der Waals surface area contributed by atoms with E-state index < -0.39 is 15.6 Å². The van der Waals surface area contributed by atoms with Crippen LogP contribution in [-0.2, 0) is 10.0 Å². The number of hydrogen-bond donors (Lipinski definition) is 1. The maximum Gasteiger partial charge on any atom is 0.279 e. The molecule has 3 rings (SSSR count). The van der Waals surface area contributed by atoms with Crippen molar-refractivity contribution < 1.29 is 8.42 Å². The zero-order chi connectivity index (χ0) is 17.6. The van der Waals surface area contributed by atoms with E-state index in [0.29, 0.717) is 16.3 Å². The molecule has 24 heavy (non-hydrogen) atoms. The molecule has 0 aliphatic carbocycles. The molecular formula is C16H17N3O3S2. The van der Waals surface area contributed by atoms with Gasteiger partial charge in [0, 0.05) is 11.1 Å². The van der Waals surface area contributed by atoms with Crippen molar-refractivity contribution in [3.63, 3.8) is 0 Å². The van der Waals surface area contributed by atoms with Crippen LogP contribution in [0.5, 0.6) is 0 Å². The van der Waals surface area contributed by atoms with Crippen LogP contribution in [-0.4, -0.2) is 17.8 Å². The molecule has 0 bridgehead atoms. The second-order valence-electron chi connectivity index (χ2n) is 5.75. The number of anilines is 1. The Morgan fingerprint density at radius 1 is 1.17 bits per heavy atom. The predicted octanol–water partition coefficient (Wildman–Crippen LogP) is 2.79. The lowest BCUT2D eigenvalue weighted by Crippen LogP contribution is -2.28. The van der Waals surface area contributed by atoms with Crippen LogP contribution >= 0.6 is 11.3 Å². The van der Waals surface area contributed by atoms with E-state index in [1.54, 1.807) is 18.4 Å². The lowest BCUT2D eigenvalue weighted by atomic mass is 10.1. The van der Waals surface area contributed by atoms with Gasteiger partial charge in [0.1, 0.15) is 0 Å². The van der Waals surface area contributed by atoms with Crippen LogP contribution in [0.3, 0.4) is 0 Å². The Kier molecular flexibility index (Phi) is 3.97. The first-order valence-corrected chi connectivity index (χ1v) is 9.64. The molecular weight excluding hydrogens is 346 g/mol. The van der Waals surface area contributed by atoms with Gasteiger partial charge in [0.15, 0.2) is 9.86 Å². The van der Waals surface area contributed by atoms with Gasteiger partial charge in [0.05, 0.1) is 11.4 Å². The molecule has 1 N–H and O–H groups in total. The van der Waals surface area contributed by atoms with Gasteiger partial charge < -0.3 is 0 Å². The number of benzene rings is 1. The van der Waals surface area contributed by atoms with Crippen molar-refractivity contribution in [1.29, 1.82) is 0 Å². The summed E-state index contributed by atoms with van der Waals surface area (Å²) in [6, 6.07) is 5.47. The van der Waals surface area contributed by atoms with E-state index >= 15 is 0 Å². The lowest BCUT2D eigenvalue weighted by molar-refractivity contribution is 0.598. The molecule has 0 aliphatic heterocycles. The Morgan fingerprint density at radius 3 is 2.58 bits per heavy atom. The average Bonchev–Trinajstić information content (AvgIpc) is 2.83. The Hall–Kier alpha value is -2.19. The maximum absolute atomic E-state index is 12.8. The standard InChI is InChI=1S/C16H17N3O3S2/c1-9-5-6-10(2)13(7-9)18-24(21,22)14-12(4)17-16-19(15(14)20)11(3)8-23-16/h5-8,18H,1-4H3. The third kappa shape index (κ3) is 2.71. The van der Waals surface area contributed by atoms with E-state index in [9.17, 15) is 13.2 Å². The van der Waals surface area contributed by atoms with E-state index in [1.165, 1.54) is 22.7 Å². The normalized spacial score (nSPS) is 11.8. The van der Waals surface area contributed by atoms with Crippen LogP contribution in [0.15, 0.2) is 33.3 Å². The van der Waals surface area contributed by atoms with E-state index in [1.807, 2.05) is 26.0 Å². The maximum atomic E-state index is 12.8. The zero-order valence-electron chi connectivity index (χ0n) is 13.7. The summed E-state index contributed by atoms with van der Waals surface area (Å²) in [6.07, 6.45) is 0. The van der Waals surface area contributed by atoms with Gasteiger partial charge in [-0.2, -0.15) is 0 Å². The third-order valence-electron chi connectivity index (χ3n) is 3.77. The number of thiazole rings is 1. The fraction of sp³-hybridized carbons (Fsp3) is 0.250. The van der Waals surface area contributed by atoms with E-state index in [2.05, 4.69) is 9.71 Å². The van der Waals surface area contributed by atoms with Crippen molar-refractivity contribution in [3.8, 4) is 0 Å². The lowest BCUT2D eigenvalue weighted by Gasteiger charge is -2.12. The molecule has 1 aromatic carbocycles. The number of rotatable bonds is 3. The molecule has 3 aromatic rings. The molecule has 0 radical (unpaired) electrons. The van der Waals surface area contributed by atoms with Crippen molar-refractivity contribution >= 4 is 32.0 Å². The summed E-state index contributed by atoms with van der Waals surface area (Å²) in [4.78, 5) is 17.2. The SMILES string of the molecule is Cc1ccc(C)c(NS(=O)(=O)c2c(C)nc3scc(C)n3c2=O)c1. The Balaban J connectivity index is 2.20. The molecule has 0 fully saturated rings. The van der Waals surface area contributed by atoms with Crippen molar-refractivity contribution in [3.05, 3.63) is 56.4 Å². The summed E-state index contributed by atoms with van der Waals surface area (Å²) in [6.45, 7) is 6.96. The fourth-order valence-corrected chi connectivity index (χ4v) is 4.79. The van der Waals surface area contributed by atoms with Gasteiger partial charge in [-0.15, -0.1) is 11.3 Å². The van der Waals surface area contributed by atoms with Gasteiger partial charge in [-0.1, -0.05) is 12.1 Å². The minimum absolute atomic E-state index is 0.194. The smallest absolute Gasteiger partial charge is 0.279 e. The van der Waals surface area contributed by atoms with Gasteiger partial charge in [-0.05, 0) is 44.9 Å². The summed E-state index contributed by atoms with van der Waals surface area (Å²) in [5.41, 5.74) is 2.45. The second kappa shape index (κ2) is 5.71. The monoisotopic (exact) mass is 363 g/mol. The summed E-state index contributed by atoms with van der Waals surface area (Å²) < 4.78 is 29.5. The quantitative estimate of drug-likeness (QED) is 0.776. The molecule has 8 heteroatoms. The Labute approximate surface area is 143 Å². The summed E-state index contributed by atoms with van der Waals surface area (Å²) >= 11 is 1.31. The molecule has 126 valence electrons. The minimum atomic E-state index is -4.04. The van der Waals surface area contributed by atoms with Crippen molar-refractivity contribution in [2.75, 3.05) is 4.72 Å². The van der Waals surface area contributed by atoms with E-state index in [0.717, 1.165) is 11.1 Å². The van der Waals surface area contributed by atoms with Crippen LogP contribution in [0.1, 0.15) is 22.5 Å². The first kappa shape index (κ1) is 16.7. The molecule has 0 saturated heterocycles. The molecule has 0 unspecified atom stereocenters. The molecule has 0 aliphatic rings. The van der Waals surface area contributed by atoms with Gasteiger partial charge in [-0.25, -0.2) is 13.4 Å². The Bertz CT molecular complexity index is 1110. The fourth-order valence-electron chi connectivity index (χ4n) is 2.52. The first-order valence-electron chi connectivity index (χ1n) is 7.28. The number of aryl methyl sites for hydroxylation is 4. The predicted molar refractivity (Wildman–Crippen MR) is 95.5 cm³/mol. The van der Waals surface area contributed by atoms with Crippen LogP contribution in [0, 0.1) is 27.7 Å². The van der Waals surface area contributed by atoms with E-state index in [-0.39, 0.29) is 10.6 Å². The minimum Gasteiger partial charge on any atom is -0.279 e. The van der Waals surface area contributed by atoms with Gasteiger partial charge in [0.2, 0.25) is 0 Å². The zero-order valence-corrected chi connectivity index (χ0v) is 15.4. The number of hydrogen-bond acceptors (Lipinski definition) is 5. The van der Waals surface area contributed by atoms with Crippen LogP contribution in [0.25, 0.3) is 4.96 Å². The molecule has 0 saturated carbocycles. The second-order valence-corrected chi connectivity index (χ2v) is 8.21. The van der Waals surface area contributed by atoms with Crippen molar-refractivity contribution in [2.45, 2.75) is 32.6 Å². The van der Waals surface area contributed by atoms with Crippen molar-refractivity contribution in [2.24, 2.45) is 0 Å². The van der Waals surface area contributed by atoms with Crippen molar-refractivity contribution in [1.82, 2.24) is 9.38 Å². The first-order chi connectivity index (χ1) is 11.2. The summed E-state index contributed by atoms with van der Waals surface area (Å²) in [5.74, 6) is 0. The average molecular weight is 363 g/mol. The van der Waals surface area contributed by atoms with Gasteiger partial charge in [0.25, 0.3) is 15.6 Å². The van der Waals surface area contributed by atoms with Gasteiger partial charge in [-0.3, -0.25) is 13.9 Å². The highest BCUT2D eigenvalue weighted by Crippen LogP contribution is 2.22. The summed E-state index contributed by atoms with van der Waals surface area (Å²) in [7, 11) is -4.04. The molecule has 0 atom stereocenters. The van der Waals surface area contributed by atoms with Crippen LogP contribution < -0.4 is 10.3 Å². The largest absolute Gasteiger partial charge is 0.279 e. The highest BCUT2D eigenvalue weighted by atomic mass is 32.2.